The molecule has 0 radical (unpaired) electrons. The number of hydrogen-bond acceptors (Lipinski definition) is 5. The summed E-state index contributed by atoms with van der Waals surface area (Å²) in [6.45, 7) is 2.42. The van der Waals surface area contributed by atoms with Crippen molar-refractivity contribution in [1.29, 1.82) is 0 Å². The van der Waals surface area contributed by atoms with Crippen molar-refractivity contribution < 1.29 is 22.7 Å². The molecular formula is C16H23N3O5S. The highest BCUT2D eigenvalue weighted by Crippen LogP contribution is 2.26. The van der Waals surface area contributed by atoms with Gasteiger partial charge in [-0.2, -0.15) is 4.31 Å². The Morgan fingerprint density at radius 2 is 1.80 bits per heavy atom. The maximum absolute atomic E-state index is 12.8. The number of urea groups is 1. The Bertz CT molecular complexity index is 729. The first-order valence-corrected chi connectivity index (χ1v) is 9.55. The Morgan fingerprint density at radius 3 is 2.44 bits per heavy atom. The molecule has 0 bridgehead atoms. The number of sulfonamides is 1. The third-order valence-corrected chi connectivity index (χ3v) is 5.93. The van der Waals surface area contributed by atoms with E-state index in [-0.39, 0.29) is 10.6 Å². The van der Waals surface area contributed by atoms with Gasteiger partial charge in [-0.3, -0.25) is 0 Å². The topological polar surface area (TPSA) is 105 Å². The second-order valence-electron chi connectivity index (χ2n) is 5.80. The fourth-order valence-corrected chi connectivity index (χ4v) is 4.29. The summed E-state index contributed by atoms with van der Waals surface area (Å²) >= 11 is 0. The zero-order valence-electron chi connectivity index (χ0n) is 14.3. The van der Waals surface area contributed by atoms with Gasteiger partial charge in [-0.25, -0.2) is 18.0 Å². The average molecular weight is 369 g/mol. The molecule has 2 rings (SSSR count). The number of amides is 2. The predicted molar refractivity (Wildman–Crippen MR) is 92.7 cm³/mol. The molecule has 9 heteroatoms. The molecule has 25 heavy (non-hydrogen) atoms. The van der Waals surface area contributed by atoms with E-state index >= 15 is 0 Å². The minimum atomic E-state index is -3.69. The Kier molecular flexibility index (Phi) is 6.38. The third kappa shape index (κ3) is 4.70. The lowest BCUT2D eigenvalue weighted by Gasteiger charge is -2.26. The number of esters is 1. The summed E-state index contributed by atoms with van der Waals surface area (Å²) < 4.78 is 31.7. The first-order chi connectivity index (χ1) is 11.9. The van der Waals surface area contributed by atoms with Crippen LogP contribution in [-0.4, -0.2) is 51.0 Å². The quantitative estimate of drug-likeness (QED) is 0.766. The fraction of sp³-hybridized carbons (Fsp3) is 0.500. The zero-order chi connectivity index (χ0) is 18.4. The van der Waals surface area contributed by atoms with Gasteiger partial charge in [0.1, 0.15) is 10.9 Å². The standard InChI is InChI=1S/C16H23N3O5S/c1-12(15(20)24-2)17-16(21)18-13-8-4-5-9-14(13)25(22,23)19-10-6-3-7-11-19/h4-5,8-9,12H,3,6-7,10-11H2,1-2H3,(H2,17,18,21). The SMILES string of the molecule is COC(=O)C(C)NC(=O)Nc1ccccc1S(=O)(=O)N1CCCCC1. The second kappa shape index (κ2) is 8.30. The molecule has 1 aliphatic heterocycles. The lowest BCUT2D eigenvalue weighted by molar-refractivity contribution is -0.142. The summed E-state index contributed by atoms with van der Waals surface area (Å²) in [6.07, 6.45) is 2.66. The number of methoxy groups -OCH3 is 1. The minimum Gasteiger partial charge on any atom is -0.467 e. The van der Waals surface area contributed by atoms with Gasteiger partial charge in [0.25, 0.3) is 0 Å². The smallest absolute Gasteiger partial charge is 0.328 e. The van der Waals surface area contributed by atoms with E-state index in [0.717, 1.165) is 19.3 Å². The molecule has 1 fully saturated rings. The Hall–Kier alpha value is -2.13. The molecule has 2 amide bonds. The third-order valence-electron chi connectivity index (χ3n) is 3.97. The fourth-order valence-electron chi connectivity index (χ4n) is 2.63. The molecular weight excluding hydrogens is 346 g/mol. The normalized spacial score (nSPS) is 16.7. The van der Waals surface area contributed by atoms with Crippen LogP contribution in [0.25, 0.3) is 0 Å². The number of hydrogen-bond donors (Lipinski definition) is 2. The molecule has 138 valence electrons. The van der Waals surface area contributed by atoms with E-state index in [0.29, 0.717) is 13.1 Å². The highest BCUT2D eigenvalue weighted by molar-refractivity contribution is 7.89. The lowest BCUT2D eigenvalue weighted by Crippen LogP contribution is -2.42. The lowest BCUT2D eigenvalue weighted by atomic mass is 10.2. The summed E-state index contributed by atoms with van der Waals surface area (Å²) in [5.74, 6) is -0.593. The molecule has 1 atom stereocenters. The van der Waals surface area contributed by atoms with Crippen LogP contribution in [0.1, 0.15) is 26.2 Å². The molecule has 8 nitrogen and oxygen atoms in total. The number of piperidine rings is 1. The van der Waals surface area contributed by atoms with Gasteiger partial charge in [0.05, 0.1) is 12.8 Å². The van der Waals surface area contributed by atoms with Crippen molar-refractivity contribution in [3.8, 4) is 0 Å². The van der Waals surface area contributed by atoms with Gasteiger partial charge in [0.2, 0.25) is 10.0 Å². The number of nitrogens with zero attached hydrogens (tertiary/aromatic N) is 1. The number of ether oxygens (including phenoxy) is 1. The van der Waals surface area contributed by atoms with E-state index in [1.54, 1.807) is 12.1 Å². The molecule has 1 aromatic carbocycles. The number of carbonyl (C=O) groups is 2. The summed E-state index contributed by atoms with van der Waals surface area (Å²) in [5, 5.41) is 4.91. The average Bonchev–Trinajstić information content (AvgIpc) is 2.61. The Balaban J connectivity index is 2.17. The number of nitrogens with one attached hydrogen (secondary N) is 2. The van der Waals surface area contributed by atoms with Gasteiger partial charge in [-0.15, -0.1) is 0 Å². The summed E-state index contributed by atoms with van der Waals surface area (Å²) in [6, 6.07) is 4.68. The first-order valence-electron chi connectivity index (χ1n) is 8.11. The highest BCUT2D eigenvalue weighted by atomic mass is 32.2. The second-order valence-corrected chi connectivity index (χ2v) is 7.71. The van der Waals surface area contributed by atoms with Gasteiger partial charge in [0, 0.05) is 13.1 Å². The number of para-hydroxylation sites is 1. The molecule has 0 aromatic heterocycles. The maximum atomic E-state index is 12.8. The maximum Gasteiger partial charge on any atom is 0.328 e. The van der Waals surface area contributed by atoms with Crippen LogP contribution < -0.4 is 10.6 Å². The Morgan fingerprint density at radius 1 is 1.16 bits per heavy atom. The van der Waals surface area contributed by atoms with Crippen molar-refractivity contribution in [3.05, 3.63) is 24.3 Å². The number of anilines is 1. The minimum absolute atomic E-state index is 0.0396. The van der Waals surface area contributed by atoms with E-state index in [1.807, 2.05) is 0 Å². The first kappa shape index (κ1) is 19.2. The van der Waals surface area contributed by atoms with E-state index in [2.05, 4.69) is 15.4 Å². The predicted octanol–water partition coefficient (Wildman–Crippen LogP) is 1.54. The van der Waals surface area contributed by atoms with E-state index in [9.17, 15) is 18.0 Å². The summed E-state index contributed by atoms with van der Waals surface area (Å²) in [4.78, 5) is 23.5. The molecule has 1 unspecified atom stereocenters. The zero-order valence-corrected chi connectivity index (χ0v) is 15.1. The Labute approximate surface area is 147 Å². The molecule has 1 aromatic rings. The van der Waals surface area contributed by atoms with Crippen molar-refractivity contribution in [2.45, 2.75) is 37.1 Å². The van der Waals surface area contributed by atoms with E-state index in [1.165, 1.54) is 30.5 Å². The van der Waals surface area contributed by atoms with Crippen molar-refractivity contribution >= 4 is 27.7 Å². The number of benzene rings is 1. The molecule has 2 N–H and O–H groups in total. The largest absolute Gasteiger partial charge is 0.467 e. The van der Waals surface area contributed by atoms with Crippen LogP contribution in [0, 0.1) is 0 Å². The van der Waals surface area contributed by atoms with Gasteiger partial charge in [-0.1, -0.05) is 18.6 Å². The van der Waals surface area contributed by atoms with Crippen molar-refractivity contribution in [2.75, 3.05) is 25.5 Å². The van der Waals surface area contributed by atoms with E-state index < -0.39 is 28.1 Å². The molecule has 1 aliphatic rings. The molecule has 1 saturated heterocycles. The van der Waals surface area contributed by atoms with Gasteiger partial charge in [-0.05, 0) is 31.9 Å². The number of rotatable bonds is 5. The molecule has 0 aliphatic carbocycles. The number of carbonyl (C=O) groups excluding carboxylic acids is 2. The summed E-state index contributed by atoms with van der Waals surface area (Å²) in [7, 11) is -2.47. The highest BCUT2D eigenvalue weighted by Gasteiger charge is 2.28. The van der Waals surface area contributed by atoms with Crippen LogP contribution >= 0.6 is 0 Å². The van der Waals surface area contributed by atoms with Crippen LogP contribution in [0.2, 0.25) is 0 Å². The van der Waals surface area contributed by atoms with Crippen LogP contribution in [0.4, 0.5) is 10.5 Å². The van der Waals surface area contributed by atoms with Crippen LogP contribution in [-0.2, 0) is 19.6 Å². The molecule has 0 saturated carbocycles. The van der Waals surface area contributed by atoms with Crippen molar-refractivity contribution in [2.24, 2.45) is 0 Å². The van der Waals surface area contributed by atoms with Gasteiger partial charge < -0.3 is 15.4 Å². The molecule has 0 spiro atoms. The van der Waals surface area contributed by atoms with Gasteiger partial charge in [0.15, 0.2) is 0 Å². The van der Waals surface area contributed by atoms with Crippen LogP contribution in [0.3, 0.4) is 0 Å². The monoisotopic (exact) mass is 369 g/mol. The van der Waals surface area contributed by atoms with Crippen molar-refractivity contribution in [3.63, 3.8) is 0 Å². The van der Waals surface area contributed by atoms with Crippen molar-refractivity contribution in [1.82, 2.24) is 9.62 Å². The van der Waals surface area contributed by atoms with E-state index in [4.69, 9.17) is 0 Å². The van der Waals surface area contributed by atoms with Crippen LogP contribution in [0.5, 0.6) is 0 Å². The van der Waals surface area contributed by atoms with Crippen LogP contribution in [0.15, 0.2) is 29.2 Å². The molecule has 1 heterocycles. The van der Waals surface area contributed by atoms with Gasteiger partial charge >= 0.3 is 12.0 Å². The summed E-state index contributed by atoms with van der Waals surface area (Å²) in [5.41, 5.74) is 0.169.